The molecule has 1 aliphatic rings. The molecular formula is C22H23FN4O2. The van der Waals surface area contributed by atoms with Crippen LogP contribution in [0.25, 0.3) is 11.3 Å². The van der Waals surface area contributed by atoms with Crippen LogP contribution in [0.2, 0.25) is 0 Å². The van der Waals surface area contributed by atoms with Crippen LogP contribution >= 0.6 is 0 Å². The number of H-pyrrole nitrogens is 1. The van der Waals surface area contributed by atoms with Gasteiger partial charge in [-0.3, -0.25) is 9.89 Å². The van der Waals surface area contributed by atoms with Gasteiger partial charge in [0.2, 0.25) is 0 Å². The van der Waals surface area contributed by atoms with E-state index in [4.69, 9.17) is 4.74 Å². The minimum atomic E-state index is -0.265. The number of methoxy groups -OCH3 is 1. The Morgan fingerprint density at radius 2 is 2.07 bits per heavy atom. The highest BCUT2D eigenvalue weighted by Crippen LogP contribution is 2.24. The number of anilines is 1. The molecule has 4 rings (SSSR count). The van der Waals surface area contributed by atoms with Gasteiger partial charge in [-0.15, -0.1) is 0 Å². The maximum Gasteiger partial charge on any atom is 0.251 e. The van der Waals surface area contributed by atoms with Crippen molar-refractivity contribution in [2.45, 2.75) is 18.9 Å². The number of nitrogens with one attached hydrogen (secondary N) is 2. The number of nitrogens with zero attached hydrogens (tertiary/aromatic N) is 2. The average Bonchev–Trinajstić information content (AvgIpc) is 3.25. The first-order valence-corrected chi connectivity index (χ1v) is 9.63. The molecule has 29 heavy (non-hydrogen) atoms. The lowest BCUT2D eigenvalue weighted by Crippen LogP contribution is -2.48. The standard InChI is InChI=1S/C22H23FN4O2/c1-29-19-6-2-4-16(12-19)22(28)24-18-5-3-11-27(14-18)21-13-20(25-26-21)15-7-9-17(23)10-8-15/h2,4,6-10,12-13,18H,3,5,11,14H2,1H3,(H,24,28)(H,25,26). The Morgan fingerprint density at radius 1 is 1.24 bits per heavy atom. The van der Waals surface area contributed by atoms with Crippen molar-refractivity contribution in [2.24, 2.45) is 0 Å². The topological polar surface area (TPSA) is 70.2 Å². The summed E-state index contributed by atoms with van der Waals surface area (Å²) in [4.78, 5) is 14.8. The van der Waals surface area contributed by atoms with Gasteiger partial charge in [-0.25, -0.2) is 4.39 Å². The number of carbonyl (C=O) groups is 1. The van der Waals surface area contributed by atoms with Crippen LogP contribution in [0.1, 0.15) is 23.2 Å². The minimum Gasteiger partial charge on any atom is -0.497 e. The monoisotopic (exact) mass is 394 g/mol. The van der Waals surface area contributed by atoms with Crippen LogP contribution < -0.4 is 15.0 Å². The van der Waals surface area contributed by atoms with Crippen molar-refractivity contribution in [3.8, 4) is 17.0 Å². The zero-order valence-electron chi connectivity index (χ0n) is 16.2. The number of piperidine rings is 1. The van der Waals surface area contributed by atoms with Gasteiger partial charge in [-0.1, -0.05) is 6.07 Å². The molecule has 0 aliphatic carbocycles. The van der Waals surface area contributed by atoms with Crippen molar-refractivity contribution < 1.29 is 13.9 Å². The molecule has 2 aromatic carbocycles. The lowest BCUT2D eigenvalue weighted by molar-refractivity contribution is 0.0932. The number of hydrogen-bond donors (Lipinski definition) is 2. The summed E-state index contributed by atoms with van der Waals surface area (Å²) in [5.41, 5.74) is 2.30. The van der Waals surface area contributed by atoms with E-state index in [-0.39, 0.29) is 17.8 Å². The third-order valence-corrected chi connectivity index (χ3v) is 5.13. The molecule has 1 atom stereocenters. The Kier molecular flexibility index (Phi) is 5.46. The molecule has 1 aromatic heterocycles. The maximum absolute atomic E-state index is 13.1. The van der Waals surface area contributed by atoms with E-state index >= 15 is 0 Å². The van der Waals surface area contributed by atoms with E-state index in [1.807, 2.05) is 18.2 Å². The van der Waals surface area contributed by atoms with Gasteiger partial charge in [0.15, 0.2) is 5.82 Å². The average molecular weight is 394 g/mol. The van der Waals surface area contributed by atoms with Gasteiger partial charge >= 0.3 is 0 Å². The molecule has 2 N–H and O–H groups in total. The molecule has 0 bridgehead atoms. The Morgan fingerprint density at radius 3 is 2.86 bits per heavy atom. The van der Waals surface area contributed by atoms with E-state index < -0.39 is 0 Å². The van der Waals surface area contributed by atoms with Gasteiger partial charge in [0, 0.05) is 30.8 Å². The Labute approximate surface area is 168 Å². The fraction of sp³-hybridized carbons (Fsp3) is 0.273. The molecule has 6 nitrogen and oxygen atoms in total. The number of rotatable bonds is 5. The SMILES string of the molecule is COc1cccc(C(=O)NC2CCCN(c3cc(-c4ccc(F)cc4)[nH]n3)C2)c1. The van der Waals surface area contributed by atoms with Crippen LogP contribution in [-0.2, 0) is 0 Å². The largest absolute Gasteiger partial charge is 0.497 e. The first-order chi connectivity index (χ1) is 14.1. The van der Waals surface area contributed by atoms with E-state index in [0.717, 1.165) is 36.5 Å². The van der Waals surface area contributed by atoms with E-state index in [0.29, 0.717) is 17.9 Å². The van der Waals surface area contributed by atoms with Crippen molar-refractivity contribution in [3.05, 3.63) is 66.0 Å². The van der Waals surface area contributed by atoms with Crippen LogP contribution in [0.5, 0.6) is 5.75 Å². The van der Waals surface area contributed by atoms with Gasteiger partial charge in [0.05, 0.1) is 12.8 Å². The number of aromatic nitrogens is 2. The van der Waals surface area contributed by atoms with Crippen LogP contribution in [0.4, 0.5) is 10.2 Å². The molecular weight excluding hydrogens is 371 g/mol. The summed E-state index contributed by atoms with van der Waals surface area (Å²) >= 11 is 0. The van der Waals surface area contributed by atoms with Crippen molar-refractivity contribution in [3.63, 3.8) is 0 Å². The Bertz CT molecular complexity index is 986. The molecule has 0 saturated carbocycles. The maximum atomic E-state index is 13.1. The van der Waals surface area contributed by atoms with Crippen LogP contribution in [0.3, 0.4) is 0 Å². The summed E-state index contributed by atoms with van der Waals surface area (Å²) in [6.45, 7) is 1.56. The fourth-order valence-electron chi connectivity index (χ4n) is 3.59. The van der Waals surface area contributed by atoms with Crippen molar-refractivity contribution in [1.29, 1.82) is 0 Å². The summed E-state index contributed by atoms with van der Waals surface area (Å²) in [6.07, 6.45) is 1.88. The predicted molar refractivity (Wildman–Crippen MR) is 110 cm³/mol. The second kappa shape index (κ2) is 8.34. The summed E-state index contributed by atoms with van der Waals surface area (Å²) in [5.74, 6) is 1.11. The zero-order valence-corrected chi connectivity index (χ0v) is 16.2. The van der Waals surface area contributed by atoms with Crippen LogP contribution in [0.15, 0.2) is 54.6 Å². The van der Waals surface area contributed by atoms with Gasteiger partial charge < -0.3 is 15.0 Å². The summed E-state index contributed by atoms with van der Waals surface area (Å²) in [6, 6.07) is 15.4. The number of halogens is 1. The molecule has 0 spiro atoms. The number of aromatic amines is 1. The summed E-state index contributed by atoms with van der Waals surface area (Å²) in [7, 11) is 1.58. The highest BCUT2D eigenvalue weighted by atomic mass is 19.1. The Hall–Kier alpha value is -3.35. The molecule has 1 unspecified atom stereocenters. The van der Waals surface area contributed by atoms with Crippen molar-refractivity contribution in [1.82, 2.24) is 15.5 Å². The third kappa shape index (κ3) is 4.39. The fourth-order valence-corrected chi connectivity index (χ4v) is 3.59. The first kappa shape index (κ1) is 19.0. The van der Waals surface area contributed by atoms with E-state index in [1.54, 1.807) is 31.4 Å². The lowest BCUT2D eigenvalue weighted by Gasteiger charge is -2.33. The van der Waals surface area contributed by atoms with Crippen LogP contribution in [0, 0.1) is 5.82 Å². The Balaban J connectivity index is 1.42. The first-order valence-electron chi connectivity index (χ1n) is 9.63. The van der Waals surface area contributed by atoms with Crippen molar-refractivity contribution in [2.75, 3.05) is 25.1 Å². The second-order valence-corrected chi connectivity index (χ2v) is 7.14. The normalized spacial score (nSPS) is 16.5. The minimum absolute atomic E-state index is 0.0356. The summed E-state index contributed by atoms with van der Waals surface area (Å²) < 4.78 is 18.3. The summed E-state index contributed by atoms with van der Waals surface area (Å²) in [5, 5.41) is 10.5. The molecule has 1 aliphatic heterocycles. The smallest absolute Gasteiger partial charge is 0.251 e. The van der Waals surface area contributed by atoms with Gasteiger partial charge in [0.25, 0.3) is 5.91 Å². The molecule has 150 valence electrons. The van der Waals surface area contributed by atoms with Gasteiger partial charge in [0.1, 0.15) is 11.6 Å². The third-order valence-electron chi connectivity index (χ3n) is 5.13. The molecule has 2 heterocycles. The molecule has 3 aromatic rings. The van der Waals surface area contributed by atoms with E-state index in [2.05, 4.69) is 20.4 Å². The number of carbonyl (C=O) groups excluding carboxylic acids is 1. The van der Waals surface area contributed by atoms with E-state index in [1.165, 1.54) is 12.1 Å². The molecule has 0 radical (unpaired) electrons. The van der Waals surface area contributed by atoms with Crippen LogP contribution in [-0.4, -0.2) is 42.3 Å². The highest BCUT2D eigenvalue weighted by molar-refractivity contribution is 5.94. The molecule has 1 saturated heterocycles. The molecule has 7 heteroatoms. The molecule has 1 amide bonds. The zero-order chi connectivity index (χ0) is 20.2. The number of amides is 1. The lowest BCUT2D eigenvalue weighted by atomic mass is 10.0. The molecule has 1 fully saturated rings. The quantitative estimate of drug-likeness (QED) is 0.693. The number of hydrogen-bond acceptors (Lipinski definition) is 4. The number of benzene rings is 2. The highest BCUT2D eigenvalue weighted by Gasteiger charge is 2.23. The van der Waals surface area contributed by atoms with Gasteiger partial charge in [-0.2, -0.15) is 5.10 Å². The number of ether oxygens (including phenoxy) is 1. The predicted octanol–water partition coefficient (Wildman–Crippen LogP) is 3.62. The van der Waals surface area contributed by atoms with Crippen molar-refractivity contribution >= 4 is 11.7 Å². The second-order valence-electron chi connectivity index (χ2n) is 7.14. The van der Waals surface area contributed by atoms with Gasteiger partial charge in [-0.05, 0) is 60.9 Å². The van der Waals surface area contributed by atoms with E-state index in [9.17, 15) is 9.18 Å².